The normalized spacial score (nSPS) is 25.3. The Kier molecular flexibility index (Phi) is 6.37. The van der Waals surface area contributed by atoms with E-state index in [1.807, 2.05) is 0 Å². The maximum atomic E-state index is 12.5. The minimum atomic E-state index is -3.71. The largest absolute Gasteiger partial charge is 0.497 e. The third-order valence-corrected chi connectivity index (χ3v) is 5.43. The molecule has 0 aliphatic carbocycles. The summed E-state index contributed by atoms with van der Waals surface area (Å²) in [6.45, 7) is 0.259. The summed E-state index contributed by atoms with van der Waals surface area (Å²) < 4.78 is 38.4. The number of hydrogen-bond acceptors (Lipinski definition) is 6. The minimum Gasteiger partial charge on any atom is -0.497 e. The van der Waals surface area contributed by atoms with E-state index in [0.717, 1.165) is 0 Å². The Labute approximate surface area is 136 Å². The summed E-state index contributed by atoms with van der Waals surface area (Å²) in [4.78, 5) is 0.123. The average Bonchev–Trinajstić information content (AvgIpc) is 2.56. The van der Waals surface area contributed by atoms with Gasteiger partial charge in [-0.2, -0.15) is 0 Å². The Bertz CT molecular complexity index is 608. The third-order valence-electron chi connectivity index (χ3n) is 3.94. The zero-order valence-electron chi connectivity index (χ0n) is 13.1. The van der Waals surface area contributed by atoms with Gasteiger partial charge in [-0.25, -0.2) is 13.1 Å². The van der Waals surface area contributed by atoms with Crippen molar-refractivity contribution >= 4 is 10.0 Å². The average molecular weight is 344 g/mol. The Morgan fingerprint density at radius 3 is 2.87 bits per heavy atom. The van der Waals surface area contributed by atoms with Gasteiger partial charge in [0.15, 0.2) is 0 Å². The van der Waals surface area contributed by atoms with Crippen molar-refractivity contribution in [3.63, 3.8) is 0 Å². The highest BCUT2D eigenvalue weighted by molar-refractivity contribution is 7.89. The number of aliphatic hydroxyl groups excluding tert-OH is 1. The molecule has 8 heteroatoms. The Morgan fingerprint density at radius 2 is 2.22 bits per heavy atom. The standard InChI is InChI=1S/C15H24N2O5S/c1-21-12-3-2-4-13(9-12)23(19,20)17-14-6-5-11(7-8-16)22-15(14)10-18/h2-4,9,11,14-15,17-18H,5-8,10,16H2,1H3/t11-,14+,15-/m1/s1. The van der Waals surface area contributed by atoms with Crippen molar-refractivity contribution < 1.29 is 23.0 Å². The molecule has 1 fully saturated rings. The van der Waals surface area contributed by atoms with E-state index in [0.29, 0.717) is 31.6 Å². The van der Waals surface area contributed by atoms with Crippen molar-refractivity contribution in [2.45, 2.75) is 42.4 Å². The fraction of sp³-hybridized carbons (Fsp3) is 0.600. The minimum absolute atomic E-state index is 0.0327. The summed E-state index contributed by atoms with van der Waals surface area (Å²) in [5.74, 6) is 0.467. The second-order valence-corrected chi connectivity index (χ2v) is 7.25. The Morgan fingerprint density at radius 1 is 1.43 bits per heavy atom. The van der Waals surface area contributed by atoms with Crippen LogP contribution in [0.5, 0.6) is 5.75 Å². The summed E-state index contributed by atoms with van der Waals surface area (Å²) in [5, 5.41) is 9.49. The molecule has 1 aromatic carbocycles. The number of ether oxygens (including phenoxy) is 2. The third kappa shape index (κ3) is 4.65. The Balaban J connectivity index is 2.10. The summed E-state index contributed by atoms with van der Waals surface area (Å²) in [6, 6.07) is 5.78. The number of nitrogens with one attached hydrogen (secondary N) is 1. The topological polar surface area (TPSA) is 111 Å². The first-order chi connectivity index (χ1) is 11.0. The predicted molar refractivity (Wildman–Crippen MR) is 85.8 cm³/mol. The number of rotatable bonds is 7. The van der Waals surface area contributed by atoms with Crippen molar-refractivity contribution in [1.82, 2.24) is 4.72 Å². The number of hydrogen-bond donors (Lipinski definition) is 3. The Hall–Kier alpha value is -1.19. The maximum Gasteiger partial charge on any atom is 0.241 e. The van der Waals surface area contributed by atoms with Gasteiger partial charge in [-0.05, 0) is 37.9 Å². The van der Waals surface area contributed by atoms with Gasteiger partial charge in [0.1, 0.15) is 5.75 Å². The molecule has 1 heterocycles. The molecule has 2 rings (SSSR count). The van der Waals surface area contributed by atoms with Gasteiger partial charge in [0.2, 0.25) is 10.0 Å². The smallest absolute Gasteiger partial charge is 0.241 e. The molecule has 0 amide bonds. The van der Waals surface area contributed by atoms with Gasteiger partial charge in [-0.15, -0.1) is 0 Å². The second-order valence-electron chi connectivity index (χ2n) is 5.54. The van der Waals surface area contributed by atoms with Gasteiger partial charge in [-0.1, -0.05) is 6.07 Å². The van der Waals surface area contributed by atoms with Crippen LogP contribution in [-0.4, -0.2) is 52.0 Å². The molecular formula is C15H24N2O5S. The molecule has 0 spiro atoms. The van der Waals surface area contributed by atoms with Crippen molar-refractivity contribution in [2.75, 3.05) is 20.3 Å². The van der Waals surface area contributed by atoms with Gasteiger partial charge in [-0.3, -0.25) is 0 Å². The maximum absolute atomic E-state index is 12.5. The highest BCUT2D eigenvalue weighted by Crippen LogP contribution is 2.24. The quantitative estimate of drug-likeness (QED) is 0.653. The lowest BCUT2D eigenvalue weighted by Gasteiger charge is -2.35. The van der Waals surface area contributed by atoms with E-state index in [1.54, 1.807) is 12.1 Å². The van der Waals surface area contributed by atoms with E-state index in [2.05, 4.69) is 4.72 Å². The monoisotopic (exact) mass is 344 g/mol. The molecule has 7 nitrogen and oxygen atoms in total. The molecule has 23 heavy (non-hydrogen) atoms. The van der Waals surface area contributed by atoms with Crippen LogP contribution in [-0.2, 0) is 14.8 Å². The lowest BCUT2D eigenvalue weighted by molar-refractivity contribution is -0.0867. The van der Waals surface area contributed by atoms with Crippen LogP contribution in [0.1, 0.15) is 19.3 Å². The number of benzene rings is 1. The van der Waals surface area contributed by atoms with Gasteiger partial charge in [0.25, 0.3) is 0 Å². The van der Waals surface area contributed by atoms with E-state index in [-0.39, 0.29) is 17.6 Å². The van der Waals surface area contributed by atoms with E-state index >= 15 is 0 Å². The molecule has 130 valence electrons. The van der Waals surface area contributed by atoms with Crippen molar-refractivity contribution in [3.8, 4) is 5.75 Å². The highest BCUT2D eigenvalue weighted by Gasteiger charge is 2.33. The summed E-state index contributed by atoms with van der Waals surface area (Å²) in [5.41, 5.74) is 5.52. The molecule has 0 radical (unpaired) electrons. The molecule has 0 aromatic heterocycles. The molecule has 0 bridgehead atoms. The fourth-order valence-electron chi connectivity index (χ4n) is 2.70. The van der Waals surface area contributed by atoms with Gasteiger partial charge in [0, 0.05) is 6.07 Å². The van der Waals surface area contributed by atoms with Crippen LogP contribution in [0.2, 0.25) is 0 Å². The zero-order valence-corrected chi connectivity index (χ0v) is 14.0. The van der Waals surface area contributed by atoms with Crippen LogP contribution in [0.15, 0.2) is 29.2 Å². The molecule has 1 saturated heterocycles. The number of methoxy groups -OCH3 is 1. The van der Waals surface area contributed by atoms with Crippen LogP contribution in [0.3, 0.4) is 0 Å². The SMILES string of the molecule is COc1cccc(S(=O)(=O)N[C@H]2CC[C@H](CCN)O[C@@H]2CO)c1. The van der Waals surface area contributed by atoms with Crippen LogP contribution in [0.25, 0.3) is 0 Å². The molecule has 0 unspecified atom stereocenters. The first-order valence-corrected chi connectivity index (χ1v) is 9.11. The number of nitrogens with two attached hydrogens (primary N) is 1. The van der Waals surface area contributed by atoms with E-state index in [1.165, 1.54) is 19.2 Å². The second kappa shape index (κ2) is 8.07. The van der Waals surface area contributed by atoms with Crippen molar-refractivity contribution in [1.29, 1.82) is 0 Å². The van der Waals surface area contributed by atoms with E-state index < -0.39 is 22.2 Å². The molecule has 4 N–H and O–H groups in total. The molecular weight excluding hydrogens is 320 g/mol. The summed E-state index contributed by atoms with van der Waals surface area (Å²) in [7, 11) is -2.23. The fourth-order valence-corrected chi connectivity index (χ4v) is 4.03. The number of aliphatic hydroxyl groups is 1. The van der Waals surface area contributed by atoms with Crippen LogP contribution >= 0.6 is 0 Å². The first kappa shape index (κ1) is 18.2. The van der Waals surface area contributed by atoms with Crippen molar-refractivity contribution in [3.05, 3.63) is 24.3 Å². The van der Waals surface area contributed by atoms with E-state index in [4.69, 9.17) is 15.2 Å². The lowest BCUT2D eigenvalue weighted by atomic mass is 9.98. The van der Waals surface area contributed by atoms with E-state index in [9.17, 15) is 13.5 Å². The molecule has 1 aliphatic rings. The van der Waals surface area contributed by atoms with Crippen LogP contribution in [0, 0.1) is 0 Å². The summed E-state index contributed by atoms with van der Waals surface area (Å²) >= 11 is 0. The zero-order chi connectivity index (χ0) is 16.9. The van der Waals surface area contributed by atoms with Crippen LogP contribution < -0.4 is 15.2 Å². The van der Waals surface area contributed by atoms with Gasteiger partial charge in [0.05, 0.1) is 36.9 Å². The van der Waals surface area contributed by atoms with Gasteiger partial charge < -0.3 is 20.3 Å². The molecule has 3 atom stereocenters. The molecule has 1 aliphatic heterocycles. The lowest BCUT2D eigenvalue weighted by Crippen LogP contribution is -2.51. The molecule has 1 aromatic rings. The predicted octanol–water partition coefficient (Wildman–Crippen LogP) is 0.231. The highest BCUT2D eigenvalue weighted by atomic mass is 32.2. The first-order valence-electron chi connectivity index (χ1n) is 7.63. The van der Waals surface area contributed by atoms with Crippen molar-refractivity contribution in [2.24, 2.45) is 5.73 Å². The molecule has 0 saturated carbocycles. The number of sulfonamides is 1. The van der Waals surface area contributed by atoms with Gasteiger partial charge >= 0.3 is 0 Å². The van der Waals surface area contributed by atoms with Crippen LogP contribution in [0.4, 0.5) is 0 Å². The summed E-state index contributed by atoms with van der Waals surface area (Å²) in [6.07, 6.45) is 1.40.